The lowest BCUT2D eigenvalue weighted by Crippen LogP contribution is -2.06. The number of esters is 1. The predicted octanol–water partition coefficient (Wildman–Crippen LogP) is 3.49. The second kappa shape index (κ2) is 8.90. The van der Waals surface area contributed by atoms with E-state index in [9.17, 15) is 4.79 Å². The molecule has 1 aromatic rings. The number of nitrogens with zero attached hydrogens (tertiary/aromatic N) is 1. The first kappa shape index (κ1) is 17.8. The molecule has 22 heavy (non-hydrogen) atoms. The Morgan fingerprint density at radius 2 is 2.23 bits per heavy atom. The molecule has 0 N–H and O–H groups in total. The monoisotopic (exact) mass is 365 g/mol. The summed E-state index contributed by atoms with van der Waals surface area (Å²) >= 11 is 3.38. The van der Waals surface area contributed by atoms with E-state index < -0.39 is 5.97 Å². The normalized spacial score (nSPS) is 10.5. The molecule has 0 amide bonds. The fourth-order valence-corrected chi connectivity index (χ4v) is 2.20. The maximum Gasteiger partial charge on any atom is 0.349 e. The summed E-state index contributed by atoms with van der Waals surface area (Å²) in [6.45, 7) is 5.85. The first-order valence-corrected chi connectivity index (χ1v) is 7.26. The van der Waals surface area contributed by atoms with Gasteiger partial charge in [0.05, 0.1) is 18.2 Å². The topological polar surface area (TPSA) is 68.6 Å². The zero-order chi connectivity index (χ0) is 16.5. The molecule has 0 saturated carbocycles. The number of benzene rings is 1. The Morgan fingerprint density at radius 3 is 2.77 bits per heavy atom. The Morgan fingerprint density at radius 1 is 1.50 bits per heavy atom. The number of halogens is 1. The van der Waals surface area contributed by atoms with Gasteiger partial charge in [0.15, 0.2) is 11.5 Å². The first-order valence-electron chi connectivity index (χ1n) is 6.47. The van der Waals surface area contributed by atoms with Crippen molar-refractivity contribution in [2.75, 3.05) is 20.3 Å². The SMILES string of the molecule is C=CCOC(=O)C(C#N)=Cc1cc(Br)c(OCC)c(OC)c1. The Bertz CT molecular complexity index is 632. The summed E-state index contributed by atoms with van der Waals surface area (Å²) in [5.74, 6) is 0.362. The zero-order valence-electron chi connectivity index (χ0n) is 12.4. The molecule has 1 rings (SSSR count). The van der Waals surface area contributed by atoms with Gasteiger partial charge in [0.2, 0.25) is 0 Å². The maximum absolute atomic E-state index is 11.7. The van der Waals surface area contributed by atoms with E-state index in [1.807, 2.05) is 13.0 Å². The number of hydrogen-bond donors (Lipinski definition) is 0. The molecule has 0 saturated heterocycles. The third-order valence-electron chi connectivity index (χ3n) is 2.52. The Balaban J connectivity index is 3.18. The van der Waals surface area contributed by atoms with Gasteiger partial charge in [-0.05, 0) is 46.6 Å². The molecule has 0 aliphatic rings. The fraction of sp³-hybridized carbons (Fsp3) is 0.250. The van der Waals surface area contributed by atoms with Crippen LogP contribution in [0.25, 0.3) is 6.08 Å². The summed E-state index contributed by atoms with van der Waals surface area (Å²) in [4.78, 5) is 11.7. The van der Waals surface area contributed by atoms with E-state index in [0.29, 0.717) is 28.1 Å². The molecule has 5 nitrogen and oxygen atoms in total. The van der Waals surface area contributed by atoms with Gasteiger partial charge in [0, 0.05) is 0 Å². The van der Waals surface area contributed by atoms with Crippen LogP contribution in [0.3, 0.4) is 0 Å². The number of nitriles is 1. The standard InChI is InChI=1S/C16H16BrNO4/c1-4-6-22-16(19)12(10-18)7-11-8-13(17)15(21-5-2)14(9-11)20-3/h4,7-9H,1,5-6H2,2-3H3. The lowest BCUT2D eigenvalue weighted by atomic mass is 10.1. The smallest absolute Gasteiger partial charge is 0.349 e. The van der Waals surface area contributed by atoms with Crippen LogP contribution in [0, 0.1) is 11.3 Å². The van der Waals surface area contributed by atoms with Crippen LogP contribution in [0.4, 0.5) is 0 Å². The summed E-state index contributed by atoms with van der Waals surface area (Å²) in [5.41, 5.74) is 0.499. The quantitative estimate of drug-likeness (QED) is 0.320. The molecule has 0 radical (unpaired) electrons. The van der Waals surface area contributed by atoms with Gasteiger partial charge in [0.25, 0.3) is 0 Å². The van der Waals surface area contributed by atoms with E-state index >= 15 is 0 Å². The molecule has 0 spiro atoms. The van der Waals surface area contributed by atoms with Crippen LogP contribution in [0.15, 0.2) is 34.8 Å². The van der Waals surface area contributed by atoms with Crippen LogP contribution >= 0.6 is 15.9 Å². The van der Waals surface area contributed by atoms with E-state index in [1.54, 1.807) is 12.1 Å². The van der Waals surface area contributed by atoms with Crippen LogP contribution in [-0.2, 0) is 9.53 Å². The van der Waals surface area contributed by atoms with E-state index in [0.717, 1.165) is 0 Å². The molecule has 0 heterocycles. The van der Waals surface area contributed by atoms with Crippen molar-refractivity contribution in [2.24, 2.45) is 0 Å². The van der Waals surface area contributed by atoms with Crippen molar-refractivity contribution in [3.8, 4) is 17.6 Å². The van der Waals surface area contributed by atoms with Gasteiger partial charge in [-0.3, -0.25) is 0 Å². The van der Waals surface area contributed by atoms with Gasteiger partial charge in [-0.1, -0.05) is 12.7 Å². The van der Waals surface area contributed by atoms with Gasteiger partial charge < -0.3 is 14.2 Å². The third-order valence-corrected chi connectivity index (χ3v) is 3.11. The van der Waals surface area contributed by atoms with Crippen molar-refractivity contribution in [3.05, 3.63) is 40.4 Å². The Hall–Kier alpha value is -2.26. The van der Waals surface area contributed by atoms with Crippen LogP contribution < -0.4 is 9.47 Å². The highest BCUT2D eigenvalue weighted by atomic mass is 79.9. The minimum atomic E-state index is -0.702. The van der Waals surface area contributed by atoms with Crippen molar-refractivity contribution in [3.63, 3.8) is 0 Å². The van der Waals surface area contributed by atoms with Crippen molar-refractivity contribution in [2.45, 2.75) is 6.92 Å². The molecule has 0 aromatic heterocycles. The number of ether oxygens (including phenoxy) is 3. The number of hydrogen-bond acceptors (Lipinski definition) is 5. The molecular formula is C16H16BrNO4. The molecule has 0 aliphatic carbocycles. The van der Waals surface area contributed by atoms with Crippen LogP contribution in [-0.4, -0.2) is 26.3 Å². The minimum Gasteiger partial charge on any atom is -0.493 e. The molecule has 6 heteroatoms. The number of methoxy groups -OCH3 is 1. The minimum absolute atomic E-state index is 0.0497. The zero-order valence-corrected chi connectivity index (χ0v) is 14.0. The van der Waals surface area contributed by atoms with Gasteiger partial charge in [0.1, 0.15) is 18.2 Å². The van der Waals surface area contributed by atoms with Crippen LogP contribution in [0.2, 0.25) is 0 Å². The summed E-state index contributed by atoms with van der Waals surface area (Å²) in [6.07, 6.45) is 2.86. The van der Waals surface area contributed by atoms with Gasteiger partial charge >= 0.3 is 5.97 Å². The van der Waals surface area contributed by atoms with Crippen LogP contribution in [0.1, 0.15) is 12.5 Å². The molecule has 1 aromatic carbocycles. The first-order chi connectivity index (χ1) is 10.6. The summed E-state index contributed by atoms with van der Waals surface area (Å²) in [7, 11) is 1.52. The van der Waals surface area contributed by atoms with E-state index in [1.165, 1.54) is 19.3 Å². The van der Waals surface area contributed by atoms with E-state index in [-0.39, 0.29) is 12.2 Å². The number of carbonyl (C=O) groups is 1. The molecule has 0 atom stereocenters. The Labute approximate surface area is 137 Å². The summed E-state index contributed by atoms with van der Waals surface area (Å²) in [6, 6.07) is 5.22. The maximum atomic E-state index is 11.7. The number of rotatable bonds is 7. The van der Waals surface area contributed by atoms with Gasteiger partial charge in [-0.15, -0.1) is 0 Å². The highest BCUT2D eigenvalue weighted by molar-refractivity contribution is 9.10. The van der Waals surface area contributed by atoms with Crippen molar-refractivity contribution >= 4 is 28.0 Å². The molecular weight excluding hydrogens is 350 g/mol. The highest BCUT2D eigenvalue weighted by Gasteiger charge is 2.14. The van der Waals surface area contributed by atoms with Gasteiger partial charge in [-0.2, -0.15) is 5.26 Å². The predicted molar refractivity (Wildman–Crippen MR) is 86.6 cm³/mol. The molecule has 0 bridgehead atoms. The summed E-state index contributed by atoms with van der Waals surface area (Å²) < 4.78 is 16.3. The van der Waals surface area contributed by atoms with E-state index in [4.69, 9.17) is 19.5 Å². The largest absolute Gasteiger partial charge is 0.493 e. The molecule has 116 valence electrons. The summed E-state index contributed by atoms with van der Waals surface area (Å²) in [5, 5.41) is 9.08. The van der Waals surface area contributed by atoms with E-state index in [2.05, 4.69) is 22.5 Å². The second-order valence-corrected chi connectivity index (χ2v) is 4.88. The lowest BCUT2D eigenvalue weighted by Gasteiger charge is -2.12. The highest BCUT2D eigenvalue weighted by Crippen LogP contribution is 2.37. The molecule has 0 aliphatic heterocycles. The Kier molecular flexibility index (Phi) is 7.20. The van der Waals surface area contributed by atoms with Crippen molar-refractivity contribution in [1.29, 1.82) is 5.26 Å². The average molecular weight is 366 g/mol. The fourth-order valence-electron chi connectivity index (χ4n) is 1.62. The average Bonchev–Trinajstić information content (AvgIpc) is 2.52. The van der Waals surface area contributed by atoms with Crippen molar-refractivity contribution < 1.29 is 19.0 Å². The second-order valence-electron chi connectivity index (χ2n) is 4.02. The third kappa shape index (κ3) is 4.64. The molecule has 0 unspecified atom stereocenters. The number of carbonyl (C=O) groups excluding carboxylic acids is 1. The van der Waals surface area contributed by atoms with Crippen molar-refractivity contribution in [1.82, 2.24) is 0 Å². The molecule has 0 fully saturated rings. The van der Waals surface area contributed by atoms with Crippen LogP contribution in [0.5, 0.6) is 11.5 Å². The lowest BCUT2D eigenvalue weighted by molar-refractivity contribution is -0.137. The van der Waals surface area contributed by atoms with Gasteiger partial charge in [-0.25, -0.2) is 4.79 Å².